The summed E-state index contributed by atoms with van der Waals surface area (Å²) < 4.78 is 5.36. The molecule has 28 heavy (non-hydrogen) atoms. The second kappa shape index (κ2) is 9.56. The zero-order chi connectivity index (χ0) is 19.9. The van der Waals surface area contributed by atoms with Crippen LogP contribution >= 0.6 is 0 Å². The molecule has 4 nitrogen and oxygen atoms in total. The summed E-state index contributed by atoms with van der Waals surface area (Å²) in [7, 11) is 1.66. The molecule has 0 bridgehead atoms. The number of hydrogen-bond acceptors (Lipinski definition) is 3. The lowest BCUT2D eigenvalue weighted by Gasteiger charge is -2.29. The Morgan fingerprint density at radius 1 is 1.21 bits per heavy atom. The van der Waals surface area contributed by atoms with E-state index in [9.17, 15) is 4.79 Å². The summed E-state index contributed by atoms with van der Waals surface area (Å²) in [6, 6.07) is 14.2. The fourth-order valence-electron chi connectivity index (χ4n) is 3.65. The first-order chi connectivity index (χ1) is 13.6. The highest BCUT2D eigenvalue weighted by atomic mass is 16.5. The van der Waals surface area contributed by atoms with Crippen LogP contribution in [-0.4, -0.2) is 31.0 Å². The van der Waals surface area contributed by atoms with Gasteiger partial charge in [0.15, 0.2) is 0 Å². The molecule has 3 rings (SSSR count). The van der Waals surface area contributed by atoms with Crippen LogP contribution < -0.4 is 10.1 Å². The fourth-order valence-corrected chi connectivity index (χ4v) is 3.65. The molecule has 1 aliphatic heterocycles. The number of aryl methyl sites for hydroxylation is 1. The maximum atomic E-state index is 12.4. The van der Waals surface area contributed by atoms with Crippen LogP contribution in [0.1, 0.15) is 37.0 Å². The zero-order valence-electron chi connectivity index (χ0n) is 17.1. The van der Waals surface area contributed by atoms with Crippen LogP contribution in [0.15, 0.2) is 54.1 Å². The Morgan fingerprint density at radius 3 is 2.82 bits per heavy atom. The Labute approximate surface area is 168 Å². The predicted octanol–water partition coefficient (Wildman–Crippen LogP) is 4.59. The van der Waals surface area contributed by atoms with Gasteiger partial charge in [0.1, 0.15) is 5.75 Å². The van der Waals surface area contributed by atoms with Crippen LogP contribution in [0, 0.1) is 0 Å². The van der Waals surface area contributed by atoms with E-state index < -0.39 is 0 Å². The third-order valence-electron chi connectivity index (χ3n) is 5.36. The number of benzene rings is 2. The molecule has 0 aliphatic carbocycles. The van der Waals surface area contributed by atoms with Gasteiger partial charge in [0.2, 0.25) is 5.91 Å². The van der Waals surface area contributed by atoms with Crippen LogP contribution in [0.5, 0.6) is 5.75 Å². The first-order valence-electron chi connectivity index (χ1n) is 9.96. The molecule has 0 fully saturated rings. The number of rotatable bonds is 7. The van der Waals surface area contributed by atoms with E-state index in [4.69, 9.17) is 4.74 Å². The molecule has 2 aromatic carbocycles. The highest BCUT2D eigenvalue weighted by molar-refractivity contribution is 5.91. The number of anilines is 1. The van der Waals surface area contributed by atoms with E-state index in [1.165, 1.54) is 16.7 Å². The van der Waals surface area contributed by atoms with Crippen molar-refractivity contribution in [2.75, 3.05) is 25.5 Å². The standard InChI is InChI=1S/C24H30N2O2/c1-4-18(2)16-26-14-13-19-9-11-22(15-21(19)17-26)25-24(27)12-10-20-7-5-6-8-23(20)28-3/h4-9,11,15H,10,12-14,16-17H2,1-3H3,(H,25,27). The van der Waals surface area contributed by atoms with Gasteiger partial charge in [0.25, 0.3) is 0 Å². The van der Waals surface area contributed by atoms with Crippen molar-refractivity contribution in [2.24, 2.45) is 0 Å². The van der Waals surface area contributed by atoms with Gasteiger partial charge in [0, 0.05) is 31.7 Å². The van der Waals surface area contributed by atoms with E-state index in [1.807, 2.05) is 30.3 Å². The summed E-state index contributed by atoms with van der Waals surface area (Å²) in [5.74, 6) is 0.865. The Morgan fingerprint density at radius 2 is 2.04 bits per heavy atom. The van der Waals surface area contributed by atoms with E-state index in [0.29, 0.717) is 12.8 Å². The number of carbonyl (C=O) groups is 1. The van der Waals surface area contributed by atoms with Crippen molar-refractivity contribution in [1.29, 1.82) is 0 Å². The number of nitrogens with zero attached hydrogens (tertiary/aromatic N) is 1. The second-order valence-electron chi connectivity index (χ2n) is 7.44. The number of nitrogens with one attached hydrogen (secondary N) is 1. The molecule has 0 unspecified atom stereocenters. The molecular formula is C24H30N2O2. The maximum Gasteiger partial charge on any atom is 0.224 e. The van der Waals surface area contributed by atoms with Gasteiger partial charge in [-0.05, 0) is 61.6 Å². The van der Waals surface area contributed by atoms with Crippen LogP contribution in [0.25, 0.3) is 0 Å². The van der Waals surface area contributed by atoms with Crippen LogP contribution in [0.3, 0.4) is 0 Å². The number of ether oxygens (including phenoxy) is 1. The average molecular weight is 379 g/mol. The van der Waals surface area contributed by atoms with E-state index >= 15 is 0 Å². The summed E-state index contributed by atoms with van der Waals surface area (Å²) in [4.78, 5) is 14.9. The molecule has 148 valence electrons. The summed E-state index contributed by atoms with van der Waals surface area (Å²) in [5.41, 5.74) is 6.04. The van der Waals surface area contributed by atoms with Gasteiger partial charge in [0.05, 0.1) is 7.11 Å². The second-order valence-corrected chi connectivity index (χ2v) is 7.44. The highest BCUT2D eigenvalue weighted by Gasteiger charge is 2.17. The molecule has 0 saturated heterocycles. The van der Waals surface area contributed by atoms with Crippen molar-refractivity contribution in [3.05, 3.63) is 70.8 Å². The molecule has 0 spiro atoms. The van der Waals surface area contributed by atoms with Crippen molar-refractivity contribution in [3.8, 4) is 5.75 Å². The average Bonchev–Trinajstić information content (AvgIpc) is 2.72. The molecule has 1 aliphatic rings. The van der Waals surface area contributed by atoms with Crippen molar-refractivity contribution >= 4 is 11.6 Å². The van der Waals surface area contributed by atoms with E-state index in [1.54, 1.807) is 7.11 Å². The summed E-state index contributed by atoms with van der Waals surface area (Å²) in [6.07, 6.45) is 4.34. The third-order valence-corrected chi connectivity index (χ3v) is 5.36. The molecule has 2 aromatic rings. The number of amides is 1. The minimum absolute atomic E-state index is 0.0308. The van der Waals surface area contributed by atoms with Crippen molar-refractivity contribution in [1.82, 2.24) is 4.90 Å². The van der Waals surface area contributed by atoms with Gasteiger partial charge >= 0.3 is 0 Å². The van der Waals surface area contributed by atoms with Gasteiger partial charge in [-0.1, -0.05) is 35.9 Å². The number of allylic oxidation sites excluding steroid dienone is 1. The minimum Gasteiger partial charge on any atom is -0.496 e. The number of methoxy groups -OCH3 is 1. The molecule has 0 saturated carbocycles. The lowest BCUT2D eigenvalue weighted by molar-refractivity contribution is -0.116. The Balaban J connectivity index is 1.59. The van der Waals surface area contributed by atoms with Gasteiger partial charge in [-0.15, -0.1) is 0 Å². The summed E-state index contributed by atoms with van der Waals surface area (Å²) in [5, 5.41) is 3.06. The monoisotopic (exact) mass is 378 g/mol. The van der Waals surface area contributed by atoms with Gasteiger partial charge in [-0.3, -0.25) is 9.69 Å². The molecule has 1 N–H and O–H groups in total. The van der Waals surface area contributed by atoms with Gasteiger partial charge < -0.3 is 10.1 Å². The first-order valence-corrected chi connectivity index (χ1v) is 9.96. The molecule has 0 atom stereocenters. The molecule has 4 heteroatoms. The number of hydrogen-bond donors (Lipinski definition) is 1. The molecule has 0 radical (unpaired) electrons. The minimum atomic E-state index is 0.0308. The highest BCUT2D eigenvalue weighted by Crippen LogP contribution is 2.24. The van der Waals surface area contributed by atoms with Gasteiger partial charge in [-0.25, -0.2) is 0 Å². The third kappa shape index (κ3) is 5.23. The fraction of sp³-hybridized carbons (Fsp3) is 0.375. The summed E-state index contributed by atoms with van der Waals surface area (Å²) in [6.45, 7) is 7.29. The van der Waals surface area contributed by atoms with Gasteiger partial charge in [-0.2, -0.15) is 0 Å². The van der Waals surface area contributed by atoms with E-state index in [0.717, 1.165) is 43.1 Å². The summed E-state index contributed by atoms with van der Waals surface area (Å²) >= 11 is 0. The maximum absolute atomic E-state index is 12.4. The molecule has 1 amide bonds. The quantitative estimate of drug-likeness (QED) is 0.717. The van der Waals surface area contributed by atoms with E-state index in [2.05, 4.69) is 42.3 Å². The van der Waals surface area contributed by atoms with Crippen LogP contribution in [0.4, 0.5) is 5.69 Å². The van der Waals surface area contributed by atoms with Crippen LogP contribution in [0.2, 0.25) is 0 Å². The lowest BCUT2D eigenvalue weighted by Crippen LogP contribution is -2.31. The Bertz CT molecular complexity index is 857. The number of fused-ring (bicyclic) bond motifs is 1. The Kier molecular flexibility index (Phi) is 6.88. The normalized spacial score (nSPS) is 14.5. The van der Waals surface area contributed by atoms with Crippen molar-refractivity contribution in [3.63, 3.8) is 0 Å². The topological polar surface area (TPSA) is 41.6 Å². The largest absolute Gasteiger partial charge is 0.496 e. The SMILES string of the molecule is CC=C(C)CN1CCc2ccc(NC(=O)CCc3ccccc3OC)cc2C1. The zero-order valence-corrected chi connectivity index (χ0v) is 17.1. The van der Waals surface area contributed by atoms with Crippen LogP contribution in [-0.2, 0) is 24.2 Å². The van der Waals surface area contributed by atoms with E-state index in [-0.39, 0.29) is 5.91 Å². The molecule has 0 aromatic heterocycles. The molecular weight excluding hydrogens is 348 g/mol. The Hall–Kier alpha value is -2.59. The molecule has 1 heterocycles. The van der Waals surface area contributed by atoms with Crippen molar-refractivity contribution < 1.29 is 9.53 Å². The number of carbonyl (C=O) groups excluding carboxylic acids is 1. The smallest absolute Gasteiger partial charge is 0.224 e. The lowest BCUT2D eigenvalue weighted by atomic mass is 9.98. The number of para-hydroxylation sites is 1. The van der Waals surface area contributed by atoms with Crippen molar-refractivity contribution in [2.45, 2.75) is 39.7 Å². The predicted molar refractivity (Wildman–Crippen MR) is 115 cm³/mol. The first kappa shape index (κ1) is 20.2.